The maximum absolute atomic E-state index is 13.4. The highest BCUT2D eigenvalue weighted by Gasteiger charge is 2.15. The summed E-state index contributed by atoms with van der Waals surface area (Å²) in [5.41, 5.74) is 2.04. The van der Waals surface area contributed by atoms with Gasteiger partial charge in [0.25, 0.3) is 6.43 Å². The van der Waals surface area contributed by atoms with E-state index in [-0.39, 0.29) is 11.0 Å². The van der Waals surface area contributed by atoms with Gasteiger partial charge in [0.05, 0.1) is 0 Å². The van der Waals surface area contributed by atoms with Crippen molar-refractivity contribution in [3.8, 4) is 0 Å². The van der Waals surface area contributed by atoms with E-state index in [1.165, 1.54) is 12.1 Å². The second-order valence-electron chi connectivity index (χ2n) is 6.16. The summed E-state index contributed by atoms with van der Waals surface area (Å²) >= 11 is 0. The van der Waals surface area contributed by atoms with E-state index < -0.39 is 12.2 Å². The van der Waals surface area contributed by atoms with E-state index in [9.17, 15) is 13.2 Å². The van der Waals surface area contributed by atoms with Gasteiger partial charge in [-0.05, 0) is 46.9 Å². The normalized spacial score (nSPS) is 12.0. The van der Waals surface area contributed by atoms with E-state index >= 15 is 0 Å². The first kappa shape index (κ1) is 15.5. The Balaban J connectivity index is 2.30. The fourth-order valence-electron chi connectivity index (χ4n) is 2.15. The third kappa shape index (κ3) is 4.06. The van der Waals surface area contributed by atoms with Crippen molar-refractivity contribution in [1.29, 1.82) is 0 Å². The molecule has 1 nitrogen and oxygen atoms in total. The van der Waals surface area contributed by atoms with Gasteiger partial charge in [0.2, 0.25) is 0 Å². The summed E-state index contributed by atoms with van der Waals surface area (Å²) in [4.78, 5) is 4.24. The molecular formula is C17H18F3N. The van der Waals surface area contributed by atoms with Crippen LogP contribution in [0.25, 0.3) is 0 Å². The van der Waals surface area contributed by atoms with E-state index in [2.05, 4.69) is 25.8 Å². The predicted molar refractivity (Wildman–Crippen MR) is 77.1 cm³/mol. The van der Waals surface area contributed by atoms with Crippen molar-refractivity contribution in [3.05, 3.63) is 64.7 Å². The SMILES string of the molecule is CC(C)(C)c1ccnc(Cc2cc(F)cc(C(F)F)c2)c1. The first-order chi connectivity index (χ1) is 9.75. The molecule has 0 bridgehead atoms. The van der Waals surface area contributed by atoms with Gasteiger partial charge in [-0.3, -0.25) is 4.98 Å². The van der Waals surface area contributed by atoms with Crippen LogP contribution in [0.5, 0.6) is 0 Å². The topological polar surface area (TPSA) is 12.9 Å². The van der Waals surface area contributed by atoms with Gasteiger partial charge in [0, 0.05) is 23.9 Å². The number of rotatable bonds is 3. The number of benzene rings is 1. The lowest BCUT2D eigenvalue weighted by molar-refractivity contribution is 0.151. The molecule has 1 aromatic heterocycles. The van der Waals surface area contributed by atoms with Crippen LogP contribution in [-0.2, 0) is 11.8 Å². The van der Waals surface area contributed by atoms with Crippen LogP contribution in [0.4, 0.5) is 13.2 Å². The number of aromatic nitrogens is 1. The molecule has 0 saturated heterocycles. The molecule has 0 radical (unpaired) electrons. The monoisotopic (exact) mass is 293 g/mol. The molecule has 1 aromatic carbocycles. The Kier molecular flexibility index (Phi) is 4.35. The van der Waals surface area contributed by atoms with Gasteiger partial charge < -0.3 is 0 Å². The van der Waals surface area contributed by atoms with E-state index in [4.69, 9.17) is 0 Å². The van der Waals surface area contributed by atoms with Crippen molar-refractivity contribution in [3.63, 3.8) is 0 Å². The molecule has 0 aliphatic heterocycles. The van der Waals surface area contributed by atoms with Crippen molar-refractivity contribution in [2.45, 2.75) is 39.0 Å². The number of hydrogen-bond acceptors (Lipinski definition) is 1. The van der Waals surface area contributed by atoms with Gasteiger partial charge >= 0.3 is 0 Å². The highest BCUT2D eigenvalue weighted by atomic mass is 19.3. The average Bonchev–Trinajstić information content (AvgIpc) is 2.37. The quantitative estimate of drug-likeness (QED) is 0.772. The minimum atomic E-state index is -2.67. The Labute approximate surface area is 122 Å². The van der Waals surface area contributed by atoms with Crippen molar-refractivity contribution >= 4 is 0 Å². The van der Waals surface area contributed by atoms with Crippen LogP contribution in [0.3, 0.4) is 0 Å². The summed E-state index contributed by atoms with van der Waals surface area (Å²) in [5.74, 6) is -0.644. The van der Waals surface area contributed by atoms with Gasteiger partial charge in [0.15, 0.2) is 0 Å². The fraction of sp³-hybridized carbons (Fsp3) is 0.353. The molecular weight excluding hydrogens is 275 g/mol. The van der Waals surface area contributed by atoms with Crippen LogP contribution >= 0.6 is 0 Å². The largest absolute Gasteiger partial charge is 0.263 e. The van der Waals surface area contributed by atoms with E-state index in [1.54, 1.807) is 6.20 Å². The highest BCUT2D eigenvalue weighted by Crippen LogP contribution is 2.25. The van der Waals surface area contributed by atoms with E-state index in [0.717, 1.165) is 17.3 Å². The highest BCUT2D eigenvalue weighted by molar-refractivity contribution is 5.31. The molecule has 4 heteroatoms. The van der Waals surface area contributed by atoms with Gasteiger partial charge in [-0.2, -0.15) is 0 Å². The Morgan fingerprint density at radius 2 is 1.81 bits per heavy atom. The second-order valence-corrected chi connectivity index (χ2v) is 6.16. The van der Waals surface area contributed by atoms with Gasteiger partial charge in [0.1, 0.15) is 5.82 Å². The van der Waals surface area contributed by atoms with Crippen LogP contribution in [0.2, 0.25) is 0 Å². The third-order valence-corrected chi connectivity index (χ3v) is 3.30. The van der Waals surface area contributed by atoms with Crippen molar-refractivity contribution in [2.24, 2.45) is 0 Å². The fourth-order valence-corrected chi connectivity index (χ4v) is 2.15. The van der Waals surface area contributed by atoms with Gasteiger partial charge in [-0.1, -0.05) is 20.8 Å². The van der Waals surface area contributed by atoms with Crippen LogP contribution in [-0.4, -0.2) is 4.98 Å². The lowest BCUT2D eigenvalue weighted by atomic mass is 9.87. The van der Waals surface area contributed by atoms with Crippen LogP contribution < -0.4 is 0 Å². The molecule has 1 heterocycles. The molecule has 2 aromatic rings. The Bertz CT molecular complexity index is 630. The number of pyridine rings is 1. The summed E-state index contributed by atoms with van der Waals surface area (Å²) < 4.78 is 38.8. The minimum absolute atomic E-state index is 0.0201. The molecule has 2 rings (SSSR count). The first-order valence-electron chi connectivity index (χ1n) is 6.78. The third-order valence-electron chi connectivity index (χ3n) is 3.30. The molecule has 0 atom stereocenters. The first-order valence-corrected chi connectivity index (χ1v) is 6.78. The van der Waals surface area contributed by atoms with Gasteiger partial charge in [-0.15, -0.1) is 0 Å². The molecule has 0 fully saturated rings. The molecule has 0 saturated carbocycles. The second kappa shape index (κ2) is 5.88. The molecule has 0 unspecified atom stereocenters. The molecule has 112 valence electrons. The summed E-state index contributed by atoms with van der Waals surface area (Å²) in [5, 5.41) is 0. The maximum atomic E-state index is 13.4. The standard InChI is InChI=1S/C17H18F3N/c1-17(2,3)13-4-5-21-15(10-13)8-11-6-12(16(19)20)9-14(18)7-11/h4-7,9-10,16H,8H2,1-3H3. The van der Waals surface area contributed by atoms with Crippen LogP contribution in [0.15, 0.2) is 36.5 Å². The Morgan fingerprint density at radius 1 is 1.10 bits per heavy atom. The number of alkyl halides is 2. The summed E-state index contributed by atoms with van der Waals surface area (Å²) in [6, 6.07) is 7.34. The molecule has 21 heavy (non-hydrogen) atoms. The molecule has 0 N–H and O–H groups in total. The number of hydrogen-bond donors (Lipinski definition) is 0. The lowest BCUT2D eigenvalue weighted by Crippen LogP contribution is -2.12. The Morgan fingerprint density at radius 3 is 2.43 bits per heavy atom. The zero-order chi connectivity index (χ0) is 15.6. The number of nitrogens with zero attached hydrogens (tertiary/aromatic N) is 1. The molecule has 0 amide bonds. The summed E-state index contributed by atoms with van der Waals surface area (Å²) in [7, 11) is 0. The average molecular weight is 293 g/mol. The van der Waals surface area contributed by atoms with Crippen molar-refractivity contribution in [1.82, 2.24) is 4.98 Å². The zero-order valence-electron chi connectivity index (χ0n) is 12.3. The van der Waals surface area contributed by atoms with Crippen LogP contribution in [0, 0.1) is 5.82 Å². The number of halogens is 3. The summed E-state index contributed by atoms with van der Waals surface area (Å²) in [6.07, 6.45) is -0.640. The zero-order valence-corrected chi connectivity index (χ0v) is 12.3. The van der Waals surface area contributed by atoms with Gasteiger partial charge in [-0.25, -0.2) is 13.2 Å². The lowest BCUT2D eigenvalue weighted by Gasteiger charge is -2.19. The smallest absolute Gasteiger partial charge is 0.261 e. The minimum Gasteiger partial charge on any atom is -0.261 e. The van der Waals surface area contributed by atoms with E-state index in [1.807, 2.05) is 12.1 Å². The van der Waals surface area contributed by atoms with E-state index in [0.29, 0.717) is 12.0 Å². The summed E-state index contributed by atoms with van der Waals surface area (Å²) in [6.45, 7) is 6.26. The Hall–Kier alpha value is -1.84. The molecule has 0 aliphatic rings. The van der Waals surface area contributed by atoms with Crippen molar-refractivity contribution < 1.29 is 13.2 Å². The predicted octanol–water partition coefficient (Wildman–Crippen LogP) is 5.05. The molecule has 0 spiro atoms. The molecule has 0 aliphatic carbocycles. The van der Waals surface area contributed by atoms with Crippen molar-refractivity contribution in [2.75, 3.05) is 0 Å². The van der Waals surface area contributed by atoms with Crippen LogP contribution in [0.1, 0.15) is 49.6 Å². The maximum Gasteiger partial charge on any atom is 0.263 e.